The maximum absolute atomic E-state index is 16.4. The predicted molar refractivity (Wildman–Crippen MR) is 457 cm³/mol. The van der Waals surface area contributed by atoms with Crippen molar-refractivity contribution in [2.45, 2.75) is 176 Å². The Balaban J connectivity index is 0.947. The molecule has 2 fully saturated rings. The second-order valence-corrected chi connectivity index (χ2v) is 33.1. The molecule has 23 N–H and O–H groups in total. The van der Waals surface area contributed by atoms with Crippen LogP contribution in [-0.4, -0.2) is 192 Å². The first kappa shape index (κ1) is 93.1. The van der Waals surface area contributed by atoms with Gasteiger partial charge in [-0.3, -0.25) is 43.2 Å². The SMILES string of the molecule is CN[C@H](CC(C)C)C(=O)N[C@H]1C(=O)N[C@@H](CC(N)=O)C(=O)NC2C(=O)N[C@H]3C(=O)N[C@H](C(=O)N[C@@H](C(=O)NCc4cccc(NC(=O)c5ccc(C)c(OCc6ccccc6)c5N[O-])c4)c4cc(O)cc(O)c4-c4cc3ccc4O)[C@H](O)c3ccc(c(Cl)c3)Oc3cc2cc(c3O[C@@H]2O[C@H](CO)[C@@H](O)[C@H](O)[C@H]2O[C@H]2C[C@](C)(N)[C@H](O)[C@H](C)O2)Oc2ccc(cc2Cl)[C@H]1O. The van der Waals surface area contributed by atoms with Crippen LogP contribution in [0.3, 0.4) is 0 Å². The lowest BCUT2D eigenvalue weighted by atomic mass is 9.86. The molecule has 7 heterocycles. The third-order valence-electron chi connectivity index (χ3n) is 22.4. The number of primary amides is 1. The smallest absolute Gasteiger partial charge is 0.257 e. The van der Waals surface area contributed by atoms with Crippen LogP contribution in [0, 0.1) is 18.0 Å². The number of phenolic OH excluding ortho intramolecular Hbond substituents is 3. The van der Waals surface area contributed by atoms with Crippen LogP contribution in [-0.2, 0) is 65.7 Å². The van der Waals surface area contributed by atoms with Gasteiger partial charge in [0.1, 0.15) is 108 Å². The highest BCUT2D eigenvalue weighted by Gasteiger charge is 2.52. The molecule has 38 nitrogen and oxygen atoms in total. The molecule has 18 atom stereocenters. The summed E-state index contributed by atoms with van der Waals surface area (Å²) in [5.74, 6) is -16.1. The van der Waals surface area contributed by atoms with Gasteiger partial charge in [0.05, 0.1) is 52.6 Å². The van der Waals surface area contributed by atoms with Gasteiger partial charge in [0.2, 0.25) is 59.3 Å². The van der Waals surface area contributed by atoms with Gasteiger partial charge < -0.3 is 149 Å². The number of phenols is 3. The molecule has 128 heavy (non-hydrogen) atoms. The molecule has 2 saturated heterocycles. The molecule has 40 heteroatoms. The van der Waals surface area contributed by atoms with Crippen LogP contribution in [0.4, 0.5) is 11.4 Å². The van der Waals surface area contributed by atoms with E-state index in [1.165, 1.54) is 57.3 Å². The number of halogens is 2. The summed E-state index contributed by atoms with van der Waals surface area (Å²) in [5, 5.41) is 141. The average Bonchev–Trinajstić information content (AvgIpc) is 0.762. The minimum Gasteiger partial charge on any atom is -0.761 e. The molecule has 678 valence electrons. The quantitative estimate of drug-likeness (QED) is 0.0444. The van der Waals surface area contributed by atoms with Gasteiger partial charge in [-0.05, 0) is 157 Å². The van der Waals surface area contributed by atoms with Crippen molar-refractivity contribution in [3.8, 4) is 62.9 Å². The number of nitrogens with one attached hydrogen (secondary N) is 10. The van der Waals surface area contributed by atoms with Crippen molar-refractivity contribution in [1.29, 1.82) is 0 Å². The van der Waals surface area contributed by atoms with E-state index in [-0.39, 0.29) is 75.5 Å². The molecular formula is C88H95Cl2N12O26-. The highest BCUT2D eigenvalue weighted by molar-refractivity contribution is 6.32. The number of aliphatic hydroxyl groups is 6. The van der Waals surface area contributed by atoms with Crippen molar-refractivity contribution in [2.24, 2.45) is 17.4 Å². The molecule has 0 radical (unpaired) electrons. The Labute approximate surface area is 740 Å². The number of hydrogen-bond donors (Lipinski definition) is 21. The monoisotopic (exact) mass is 1810 g/mol. The predicted octanol–water partition coefficient (Wildman–Crippen LogP) is 4.39. The lowest BCUT2D eigenvalue weighted by Crippen LogP contribution is -2.64. The van der Waals surface area contributed by atoms with Crippen molar-refractivity contribution in [1.82, 2.24) is 42.5 Å². The van der Waals surface area contributed by atoms with Crippen LogP contribution < -0.4 is 83.7 Å². The van der Waals surface area contributed by atoms with Gasteiger partial charge in [0.25, 0.3) is 5.91 Å². The van der Waals surface area contributed by atoms with Crippen LogP contribution in [0.15, 0.2) is 146 Å². The number of amides is 9. The van der Waals surface area contributed by atoms with Gasteiger partial charge in [-0.1, -0.05) is 104 Å². The Morgan fingerprint density at radius 3 is 1.97 bits per heavy atom. The zero-order valence-corrected chi connectivity index (χ0v) is 70.9. The lowest BCUT2D eigenvalue weighted by molar-refractivity contribution is -0.333. The number of aliphatic hydroxyl groups excluding tert-OH is 6. The Kier molecular flexibility index (Phi) is 28.7. The second kappa shape index (κ2) is 39.4. The summed E-state index contributed by atoms with van der Waals surface area (Å²) in [6.45, 7) is 6.97. The highest BCUT2D eigenvalue weighted by Crippen LogP contribution is 2.50. The van der Waals surface area contributed by atoms with E-state index in [0.717, 1.165) is 72.3 Å². The number of fused-ring (bicyclic) bond motifs is 15. The second-order valence-electron chi connectivity index (χ2n) is 32.3. The van der Waals surface area contributed by atoms with Gasteiger partial charge in [0.15, 0.2) is 23.9 Å². The normalized spacial score (nSPS) is 25.5. The number of carbonyl (C=O) groups is 9. The molecule has 11 bridgehead atoms. The van der Waals surface area contributed by atoms with Crippen LogP contribution >= 0.6 is 23.2 Å². The lowest BCUT2D eigenvalue weighted by Gasteiger charge is -2.47. The molecule has 0 aliphatic carbocycles. The largest absolute Gasteiger partial charge is 0.761 e. The van der Waals surface area contributed by atoms with Gasteiger partial charge in [-0.15, -0.1) is 0 Å². The van der Waals surface area contributed by atoms with E-state index in [2.05, 4.69) is 47.9 Å². The number of aryl methyl sites for hydroxylation is 1. The first-order chi connectivity index (χ1) is 60.9. The topological polar surface area (TPSA) is 596 Å². The van der Waals surface area contributed by atoms with Gasteiger partial charge in [-0.25, -0.2) is 0 Å². The number of likely N-dealkylation sites (N-methyl/N-ethyl adjacent to an activating group) is 1. The van der Waals surface area contributed by atoms with Gasteiger partial charge >= 0.3 is 0 Å². The van der Waals surface area contributed by atoms with E-state index in [1.54, 1.807) is 19.1 Å². The third-order valence-corrected chi connectivity index (χ3v) is 23.0. The molecule has 0 spiro atoms. The number of benzene rings is 8. The number of aromatic hydroxyl groups is 3. The van der Waals surface area contributed by atoms with Gasteiger partial charge in [-0.2, -0.15) is 0 Å². The van der Waals surface area contributed by atoms with Crippen molar-refractivity contribution in [3.63, 3.8) is 0 Å². The molecule has 7 aliphatic heterocycles. The molecule has 8 aromatic carbocycles. The maximum Gasteiger partial charge on any atom is 0.257 e. The fraction of sp³-hybridized carbons (Fsp3) is 0.352. The van der Waals surface area contributed by atoms with Crippen molar-refractivity contribution >= 4 is 87.7 Å². The minimum absolute atomic E-state index is 0.0619. The zero-order valence-electron chi connectivity index (χ0n) is 69.4. The number of ether oxygens (including phenoxy) is 7. The minimum atomic E-state index is -2.39. The highest BCUT2D eigenvalue weighted by atomic mass is 35.5. The standard InChI is InChI=1S/C88H95Cl2N12O26/c1-37(2)23-53(93-6)80(114)100-69-71(108)43-17-21-57(51(89)26-43)124-59-28-45-29-60(76(59)128-87-77(74(111)73(110)61(35-103)126-87)127-63-33-88(5,92)78(112)39(4)123-63)125-58-22-18-44(27-52(58)90)72(109)70-86(120)99-68(82(116)94-34-41-13-10-14-46(24-41)95-79(113)48-19-15-38(3)75(67(48)102-121)122-36-40-11-8-7-9-12-40)50-30-47(104)31-56(106)64(50)49-25-42(16-20-55(49)105)65(83(117)101-70)98-84(118)66(45)97-81(115)54(32-62(91)107)96-85(69)119/h7-22,24-31,37,39,53-54,61,63,65-66,68-74,77-78,87,93,102-106,108-112H,23,32-36,92H2,1-6H3,(H2,91,107)(H,94,116)(H,95,113)(H,96,119)(H,97,115)(H,98,118)(H,99,120)(H,100,114)(H,101,117)/q-1/t39-,53+,54-,61+,63-,65+,66?,68+,69+,70-,71+,72+,73+,74-,77+,78+,87-,88-/m0/s1. The van der Waals surface area contributed by atoms with Gasteiger partial charge in [0, 0.05) is 41.4 Å². The molecular weight excluding hydrogens is 1710 g/mol. The molecule has 0 aromatic heterocycles. The van der Waals surface area contributed by atoms with Crippen LogP contribution in [0.5, 0.6) is 51.7 Å². The zero-order chi connectivity index (χ0) is 92.2. The summed E-state index contributed by atoms with van der Waals surface area (Å²) >= 11 is 14.4. The van der Waals surface area contributed by atoms with E-state index >= 15 is 28.8 Å². The van der Waals surface area contributed by atoms with E-state index in [0.29, 0.717) is 11.1 Å². The number of nitrogens with two attached hydrogens (primary N) is 2. The molecule has 0 saturated carbocycles. The Morgan fingerprint density at radius 1 is 0.680 bits per heavy atom. The average molecular weight is 1810 g/mol. The van der Waals surface area contributed by atoms with Crippen molar-refractivity contribution in [3.05, 3.63) is 211 Å². The Hall–Kier alpha value is -12.5. The fourth-order valence-electron chi connectivity index (χ4n) is 15.6. The molecule has 15 rings (SSSR count). The van der Waals surface area contributed by atoms with E-state index < -0.39 is 250 Å². The summed E-state index contributed by atoms with van der Waals surface area (Å²) in [7, 11) is 1.47. The van der Waals surface area contributed by atoms with Crippen LogP contribution in [0.25, 0.3) is 11.1 Å². The molecule has 1 unspecified atom stereocenters. The number of carbonyl (C=O) groups excluding carboxylic acids is 9. The van der Waals surface area contributed by atoms with Crippen molar-refractivity contribution in [2.75, 3.05) is 24.5 Å². The van der Waals surface area contributed by atoms with E-state index in [1.807, 2.05) is 49.7 Å². The molecule has 7 aliphatic rings. The van der Waals surface area contributed by atoms with Crippen LogP contribution in [0.2, 0.25) is 10.0 Å². The summed E-state index contributed by atoms with van der Waals surface area (Å²) < 4.78 is 44.8. The maximum atomic E-state index is 16.4. The Morgan fingerprint density at radius 2 is 1.33 bits per heavy atom. The molecule has 8 aromatic rings. The molecule has 9 amide bonds. The summed E-state index contributed by atoms with van der Waals surface area (Å²) in [6.07, 6.45) is -18.9. The fourth-order valence-corrected chi connectivity index (χ4v) is 16.1. The van der Waals surface area contributed by atoms with E-state index in [9.17, 15) is 65.5 Å². The number of rotatable bonds is 21. The summed E-state index contributed by atoms with van der Waals surface area (Å²) in [6, 6.07) is 17.7. The third kappa shape index (κ3) is 20.5. The number of anilines is 2. The van der Waals surface area contributed by atoms with E-state index in [4.69, 9.17) is 67.8 Å². The summed E-state index contributed by atoms with van der Waals surface area (Å²) in [4.78, 5) is 136. The van der Waals surface area contributed by atoms with Crippen LogP contribution in [0.1, 0.15) is 132 Å². The first-order valence-corrected chi connectivity index (χ1v) is 41.3. The first-order valence-electron chi connectivity index (χ1n) is 40.5. The number of hydrogen-bond acceptors (Lipinski definition) is 29. The summed E-state index contributed by atoms with van der Waals surface area (Å²) in [5.41, 5.74) is 11.6. The Bertz CT molecular complexity index is 5580. The van der Waals surface area contributed by atoms with Crippen molar-refractivity contribution < 1.29 is 122 Å².